The zero-order chi connectivity index (χ0) is 16.1. The molecule has 7 heteroatoms. The molecule has 2 aromatic rings. The normalized spacial score (nSPS) is 18.1. The van der Waals surface area contributed by atoms with Gasteiger partial charge >= 0.3 is 0 Å². The fourth-order valence-corrected chi connectivity index (χ4v) is 3.65. The number of rotatable bonds is 5. The molecule has 1 aromatic heterocycles. The van der Waals surface area contributed by atoms with Crippen LogP contribution in [0.15, 0.2) is 41.8 Å². The predicted octanol–water partition coefficient (Wildman–Crippen LogP) is 2.76. The van der Waals surface area contributed by atoms with Crippen molar-refractivity contribution in [3.05, 3.63) is 42.7 Å². The van der Waals surface area contributed by atoms with Gasteiger partial charge in [-0.1, -0.05) is 12.1 Å². The van der Waals surface area contributed by atoms with Crippen LogP contribution in [0, 0.1) is 5.82 Å². The van der Waals surface area contributed by atoms with E-state index in [9.17, 15) is 9.18 Å². The molecule has 1 saturated heterocycles. The van der Waals surface area contributed by atoms with Crippen molar-refractivity contribution in [3.8, 4) is 0 Å². The lowest BCUT2D eigenvalue weighted by Gasteiger charge is -2.32. The Morgan fingerprint density at radius 3 is 3.04 bits per heavy atom. The molecule has 0 bridgehead atoms. The number of carbonyl (C=O) groups excluding carboxylic acids is 1. The highest BCUT2D eigenvalue weighted by Gasteiger charge is 2.24. The second-order valence-electron chi connectivity index (χ2n) is 5.54. The van der Waals surface area contributed by atoms with Gasteiger partial charge in [-0.25, -0.2) is 14.1 Å². The fourth-order valence-electron chi connectivity index (χ4n) is 2.77. The van der Waals surface area contributed by atoms with E-state index < -0.39 is 0 Å². The maximum absolute atomic E-state index is 13.5. The highest BCUT2D eigenvalue weighted by Crippen LogP contribution is 2.24. The molecule has 1 amide bonds. The number of halogens is 1. The maximum Gasteiger partial charge on any atom is 0.223 e. The Balaban J connectivity index is 1.49. The molecule has 0 aliphatic carbocycles. The third-order valence-corrected chi connectivity index (χ3v) is 5.02. The van der Waals surface area contributed by atoms with Crippen molar-refractivity contribution in [2.45, 2.75) is 30.2 Å². The topological polar surface area (TPSA) is 51.0 Å². The van der Waals surface area contributed by atoms with Crippen LogP contribution in [0.2, 0.25) is 0 Å². The van der Waals surface area contributed by atoms with E-state index in [1.807, 2.05) is 9.58 Å². The number of thioether (sulfide) groups is 1. The van der Waals surface area contributed by atoms with Crippen molar-refractivity contribution in [2.24, 2.45) is 0 Å². The van der Waals surface area contributed by atoms with Gasteiger partial charge in [-0.15, -0.1) is 11.8 Å². The van der Waals surface area contributed by atoms with Crippen LogP contribution in [0.25, 0.3) is 0 Å². The molecule has 5 nitrogen and oxygen atoms in total. The average molecular weight is 334 g/mol. The maximum atomic E-state index is 13.5. The van der Waals surface area contributed by atoms with Gasteiger partial charge in [0, 0.05) is 30.2 Å². The van der Waals surface area contributed by atoms with Crippen molar-refractivity contribution < 1.29 is 9.18 Å². The highest BCUT2D eigenvalue weighted by atomic mass is 32.2. The van der Waals surface area contributed by atoms with E-state index in [0.717, 1.165) is 19.4 Å². The van der Waals surface area contributed by atoms with E-state index in [4.69, 9.17) is 0 Å². The van der Waals surface area contributed by atoms with Gasteiger partial charge in [-0.3, -0.25) is 4.79 Å². The van der Waals surface area contributed by atoms with Gasteiger partial charge in [0.05, 0.1) is 6.04 Å². The number of benzene rings is 1. The van der Waals surface area contributed by atoms with Crippen LogP contribution in [-0.4, -0.2) is 44.4 Å². The third-order valence-electron chi connectivity index (χ3n) is 3.97. The Hall–Kier alpha value is -1.89. The molecule has 0 radical (unpaired) electrons. The Morgan fingerprint density at radius 1 is 1.39 bits per heavy atom. The van der Waals surface area contributed by atoms with Crippen LogP contribution in [-0.2, 0) is 4.79 Å². The quantitative estimate of drug-likeness (QED) is 0.789. The third kappa shape index (κ3) is 4.10. The summed E-state index contributed by atoms with van der Waals surface area (Å²) in [5, 5.41) is 4.17. The van der Waals surface area contributed by atoms with Crippen LogP contribution in [0.4, 0.5) is 4.39 Å². The van der Waals surface area contributed by atoms with Gasteiger partial charge < -0.3 is 4.90 Å². The summed E-state index contributed by atoms with van der Waals surface area (Å²) >= 11 is 1.39. The lowest BCUT2D eigenvalue weighted by molar-refractivity contribution is -0.132. The van der Waals surface area contributed by atoms with Crippen molar-refractivity contribution in [1.82, 2.24) is 19.7 Å². The first-order valence-electron chi connectivity index (χ1n) is 7.73. The monoisotopic (exact) mass is 334 g/mol. The average Bonchev–Trinajstić information content (AvgIpc) is 3.11. The van der Waals surface area contributed by atoms with Crippen LogP contribution >= 0.6 is 11.8 Å². The molecule has 1 aliphatic rings. The lowest BCUT2D eigenvalue weighted by atomic mass is 10.1. The molecule has 23 heavy (non-hydrogen) atoms. The lowest BCUT2D eigenvalue weighted by Crippen LogP contribution is -2.41. The molecule has 1 aliphatic heterocycles. The number of aromatic nitrogens is 3. The first-order chi connectivity index (χ1) is 11.2. The minimum Gasteiger partial charge on any atom is -0.341 e. The van der Waals surface area contributed by atoms with Gasteiger partial charge in [0.15, 0.2) is 0 Å². The zero-order valence-electron chi connectivity index (χ0n) is 12.8. The van der Waals surface area contributed by atoms with E-state index in [1.54, 1.807) is 24.5 Å². The first kappa shape index (κ1) is 16.0. The van der Waals surface area contributed by atoms with E-state index in [2.05, 4.69) is 10.1 Å². The molecule has 122 valence electrons. The van der Waals surface area contributed by atoms with Crippen LogP contribution < -0.4 is 0 Å². The number of hydrogen-bond donors (Lipinski definition) is 0. The molecule has 0 saturated carbocycles. The van der Waals surface area contributed by atoms with E-state index in [0.29, 0.717) is 23.6 Å². The second-order valence-corrected chi connectivity index (χ2v) is 6.68. The van der Waals surface area contributed by atoms with Crippen LogP contribution in [0.5, 0.6) is 0 Å². The molecule has 1 fully saturated rings. The minimum absolute atomic E-state index is 0.124. The van der Waals surface area contributed by atoms with Gasteiger partial charge in [0.2, 0.25) is 5.91 Å². The van der Waals surface area contributed by atoms with Crippen LogP contribution in [0.3, 0.4) is 0 Å². The molecular formula is C16H19FN4OS. The Labute approximate surface area is 138 Å². The van der Waals surface area contributed by atoms with Gasteiger partial charge in [0.25, 0.3) is 0 Å². The molecular weight excluding hydrogens is 315 g/mol. The molecule has 3 rings (SSSR count). The van der Waals surface area contributed by atoms with Gasteiger partial charge in [0.1, 0.15) is 18.5 Å². The summed E-state index contributed by atoms with van der Waals surface area (Å²) in [5.41, 5.74) is 0. The molecule has 0 unspecified atom stereocenters. The summed E-state index contributed by atoms with van der Waals surface area (Å²) in [6, 6.07) is 6.86. The Kier molecular flexibility index (Phi) is 5.27. The van der Waals surface area contributed by atoms with E-state index in [1.165, 1.54) is 24.2 Å². The predicted molar refractivity (Wildman–Crippen MR) is 86.6 cm³/mol. The smallest absolute Gasteiger partial charge is 0.223 e. The molecule has 2 heterocycles. The molecule has 0 N–H and O–H groups in total. The number of carbonyl (C=O) groups is 1. The standard InChI is InChI=1S/C16H19FN4OS/c17-14-5-1-2-6-15(14)23-9-7-16(22)20-8-3-4-13(10-20)21-12-18-11-19-21/h1-2,5-6,11-13H,3-4,7-10H2/t13-/m0/s1. The second kappa shape index (κ2) is 7.59. The molecule has 1 atom stereocenters. The number of amides is 1. The van der Waals surface area contributed by atoms with Gasteiger partial charge in [-0.05, 0) is 25.0 Å². The SMILES string of the molecule is O=C(CCSc1ccccc1F)N1CCC[C@H](n2cncn2)C1. The number of likely N-dealkylation sites (tertiary alicyclic amines) is 1. The first-order valence-corrected chi connectivity index (χ1v) is 8.72. The van der Waals surface area contributed by atoms with Crippen molar-refractivity contribution in [1.29, 1.82) is 0 Å². The van der Waals surface area contributed by atoms with Gasteiger partial charge in [-0.2, -0.15) is 5.10 Å². The van der Waals surface area contributed by atoms with Crippen LogP contribution in [0.1, 0.15) is 25.3 Å². The summed E-state index contributed by atoms with van der Waals surface area (Å²) in [6.07, 6.45) is 5.62. The summed E-state index contributed by atoms with van der Waals surface area (Å²) in [6.45, 7) is 1.46. The van der Waals surface area contributed by atoms with E-state index in [-0.39, 0.29) is 17.8 Å². The Bertz CT molecular complexity index is 649. The summed E-state index contributed by atoms with van der Waals surface area (Å²) in [5.74, 6) is 0.484. The highest BCUT2D eigenvalue weighted by molar-refractivity contribution is 7.99. The van der Waals surface area contributed by atoms with Crippen molar-refractivity contribution in [3.63, 3.8) is 0 Å². The molecule has 1 aromatic carbocycles. The number of piperidine rings is 1. The van der Waals surface area contributed by atoms with Crippen molar-refractivity contribution in [2.75, 3.05) is 18.8 Å². The van der Waals surface area contributed by atoms with E-state index >= 15 is 0 Å². The summed E-state index contributed by atoms with van der Waals surface area (Å²) < 4.78 is 15.4. The zero-order valence-corrected chi connectivity index (χ0v) is 13.6. The fraction of sp³-hybridized carbons (Fsp3) is 0.438. The number of hydrogen-bond acceptors (Lipinski definition) is 4. The summed E-state index contributed by atoms with van der Waals surface area (Å²) in [7, 11) is 0. The summed E-state index contributed by atoms with van der Waals surface area (Å²) in [4.78, 5) is 18.8. The minimum atomic E-state index is -0.228. The number of nitrogens with zero attached hydrogens (tertiary/aromatic N) is 4. The molecule has 0 spiro atoms. The van der Waals surface area contributed by atoms with Crippen molar-refractivity contribution >= 4 is 17.7 Å². The largest absolute Gasteiger partial charge is 0.341 e. The Morgan fingerprint density at radius 2 is 2.26 bits per heavy atom.